The van der Waals surface area contributed by atoms with Gasteiger partial charge in [-0.1, -0.05) is 43.1 Å². The van der Waals surface area contributed by atoms with Crippen molar-refractivity contribution in [3.8, 4) is 0 Å². The number of hydrogen-bond donors (Lipinski definition) is 0. The number of benzene rings is 1. The van der Waals surface area contributed by atoms with Crippen LogP contribution in [0.4, 0.5) is 0 Å². The molecule has 2 unspecified atom stereocenters. The van der Waals surface area contributed by atoms with Crippen LogP contribution in [0.2, 0.25) is 10.0 Å². The van der Waals surface area contributed by atoms with Gasteiger partial charge >= 0.3 is 0 Å². The molecule has 0 aliphatic heterocycles. The molecule has 0 N–H and O–H groups in total. The molecule has 82 valence electrons. The second-order valence-corrected chi connectivity index (χ2v) is 5.67. The van der Waals surface area contributed by atoms with E-state index in [0.29, 0.717) is 10.0 Å². The maximum Gasteiger partial charge on any atom is 0.0595 e. The van der Waals surface area contributed by atoms with Crippen molar-refractivity contribution < 1.29 is 0 Å². The molecule has 0 nitrogen and oxygen atoms in total. The Morgan fingerprint density at radius 2 is 2.00 bits per heavy atom. The number of halogens is 2. The summed E-state index contributed by atoms with van der Waals surface area (Å²) in [7, 11) is 0. The van der Waals surface area contributed by atoms with Crippen molar-refractivity contribution in [2.45, 2.75) is 26.7 Å². The van der Waals surface area contributed by atoms with Gasteiger partial charge in [0.1, 0.15) is 0 Å². The first-order valence-electron chi connectivity index (χ1n) is 5.52. The van der Waals surface area contributed by atoms with Gasteiger partial charge in [-0.25, -0.2) is 0 Å². The molecular formula is C13H16Cl2. The van der Waals surface area contributed by atoms with Gasteiger partial charge in [-0.15, -0.1) is 0 Å². The first kappa shape index (κ1) is 11.3. The fraction of sp³-hybridized carbons (Fsp3) is 0.538. The lowest BCUT2D eigenvalue weighted by Gasteiger charge is -2.04. The molecule has 1 aromatic carbocycles. The summed E-state index contributed by atoms with van der Waals surface area (Å²) in [6.45, 7) is 4.61. The van der Waals surface area contributed by atoms with Crippen LogP contribution >= 0.6 is 23.2 Å². The number of rotatable bonds is 3. The predicted octanol–water partition coefficient (Wildman–Crippen LogP) is 4.83. The van der Waals surface area contributed by atoms with E-state index in [1.165, 1.54) is 12.0 Å². The maximum atomic E-state index is 5.98. The Morgan fingerprint density at radius 1 is 1.27 bits per heavy atom. The molecule has 2 heteroatoms. The lowest BCUT2D eigenvalue weighted by atomic mass is 10.0. The highest BCUT2D eigenvalue weighted by atomic mass is 35.5. The quantitative estimate of drug-likeness (QED) is 0.713. The largest absolute Gasteiger partial charge is 0.0827 e. The SMILES string of the molecule is CC(C)C1CC1Cc1ccc(Cl)c(Cl)c1. The van der Waals surface area contributed by atoms with Gasteiger partial charge in [0.2, 0.25) is 0 Å². The van der Waals surface area contributed by atoms with E-state index in [0.717, 1.165) is 24.2 Å². The highest BCUT2D eigenvalue weighted by Crippen LogP contribution is 2.46. The number of hydrogen-bond acceptors (Lipinski definition) is 0. The van der Waals surface area contributed by atoms with Crippen LogP contribution in [-0.4, -0.2) is 0 Å². The summed E-state index contributed by atoms with van der Waals surface area (Å²) in [5.41, 5.74) is 1.32. The Hall–Kier alpha value is -0.200. The summed E-state index contributed by atoms with van der Waals surface area (Å²) in [5, 5.41) is 1.33. The van der Waals surface area contributed by atoms with E-state index in [1.807, 2.05) is 12.1 Å². The Morgan fingerprint density at radius 3 is 2.53 bits per heavy atom. The molecule has 0 bridgehead atoms. The third kappa shape index (κ3) is 2.68. The van der Waals surface area contributed by atoms with E-state index in [-0.39, 0.29) is 0 Å². The molecule has 0 heterocycles. The van der Waals surface area contributed by atoms with Gasteiger partial charge < -0.3 is 0 Å². The van der Waals surface area contributed by atoms with E-state index in [9.17, 15) is 0 Å². The first-order chi connectivity index (χ1) is 7.08. The molecule has 2 atom stereocenters. The van der Waals surface area contributed by atoms with Gasteiger partial charge in [-0.2, -0.15) is 0 Å². The minimum atomic E-state index is 0.650. The molecule has 0 amide bonds. The van der Waals surface area contributed by atoms with Crippen molar-refractivity contribution in [2.75, 3.05) is 0 Å². The Labute approximate surface area is 102 Å². The van der Waals surface area contributed by atoms with Crippen molar-refractivity contribution in [1.29, 1.82) is 0 Å². The maximum absolute atomic E-state index is 5.98. The molecule has 15 heavy (non-hydrogen) atoms. The average Bonchev–Trinajstić information content (AvgIpc) is 2.91. The zero-order chi connectivity index (χ0) is 11.0. The van der Waals surface area contributed by atoms with Crippen LogP contribution in [0.3, 0.4) is 0 Å². The molecule has 2 rings (SSSR count). The summed E-state index contributed by atoms with van der Waals surface area (Å²) in [6, 6.07) is 5.98. The molecule has 1 aromatic rings. The highest BCUT2D eigenvalue weighted by molar-refractivity contribution is 6.42. The van der Waals surface area contributed by atoms with Crippen molar-refractivity contribution in [1.82, 2.24) is 0 Å². The van der Waals surface area contributed by atoms with Crippen LogP contribution in [0.1, 0.15) is 25.8 Å². The second-order valence-electron chi connectivity index (χ2n) is 4.86. The monoisotopic (exact) mass is 242 g/mol. The normalized spacial score (nSPS) is 24.6. The van der Waals surface area contributed by atoms with Crippen LogP contribution in [0.15, 0.2) is 18.2 Å². The highest BCUT2D eigenvalue weighted by Gasteiger charge is 2.38. The molecule has 0 aromatic heterocycles. The molecule has 0 saturated heterocycles. The van der Waals surface area contributed by atoms with E-state index in [1.54, 1.807) is 0 Å². The Bertz CT molecular complexity index is 358. The first-order valence-corrected chi connectivity index (χ1v) is 6.27. The fourth-order valence-corrected chi connectivity index (χ4v) is 2.61. The van der Waals surface area contributed by atoms with Gasteiger partial charge in [0.25, 0.3) is 0 Å². The van der Waals surface area contributed by atoms with Crippen LogP contribution in [0.25, 0.3) is 0 Å². The Balaban J connectivity index is 1.98. The lowest BCUT2D eigenvalue weighted by molar-refractivity contribution is 0.516. The van der Waals surface area contributed by atoms with Crippen LogP contribution in [-0.2, 0) is 6.42 Å². The minimum Gasteiger partial charge on any atom is -0.0827 e. The molecular weight excluding hydrogens is 227 g/mol. The summed E-state index contributed by atoms with van der Waals surface area (Å²) >= 11 is 11.9. The van der Waals surface area contributed by atoms with Gasteiger partial charge in [0.05, 0.1) is 10.0 Å². The zero-order valence-electron chi connectivity index (χ0n) is 9.13. The standard InChI is InChI=1S/C13H16Cl2/c1-8(2)11-7-10(11)5-9-3-4-12(14)13(15)6-9/h3-4,6,8,10-11H,5,7H2,1-2H3. The third-order valence-electron chi connectivity index (χ3n) is 3.32. The van der Waals surface area contributed by atoms with Gasteiger partial charge in [-0.3, -0.25) is 0 Å². The van der Waals surface area contributed by atoms with E-state index >= 15 is 0 Å². The molecule has 1 fully saturated rings. The predicted molar refractivity (Wildman–Crippen MR) is 66.6 cm³/mol. The van der Waals surface area contributed by atoms with Crippen LogP contribution < -0.4 is 0 Å². The summed E-state index contributed by atoms with van der Waals surface area (Å²) in [6.07, 6.45) is 2.53. The molecule has 1 saturated carbocycles. The summed E-state index contributed by atoms with van der Waals surface area (Å²) in [4.78, 5) is 0. The molecule has 1 aliphatic rings. The fourth-order valence-electron chi connectivity index (χ4n) is 2.29. The van der Waals surface area contributed by atoms with E-state index < -0.39 is 0 Å². The summed E-state index contributed by atoms with van der Waals surface area (Å²) < 4.78 is 0. The van der Waals surface area contributed by atoms with Crippen molar-refractivity contribution in [3.63, 3.8) is 0 Å². The average molecular weight is 243 g/mol. The minimum absolute atomic E-state index is 0.650. The van der Waals surface area contributed by atoms with E-state index in [4.69, 9.17) is 23.2 Å². The smallest absolute Gasteiger partial charge is 0.0595 e. The van der Waals surface area contributed by atoms with Crippen molar-refractivity contribution >= 4 is 23.2 Å². The lowest BCUT2D eigenvalue weighted by Crippen LogP contribution is -1.95. The Kier molecular flexibility index (Phi) is 3.27. The van der Waals surface area contributed by atoms with Crippen molar-refractivity contribution in [2.24, 2.45) is 17.8 Å². The van der Waals surface area contributed by atoms with Gasteiger partial charge in [0.15, 0.2) is 0 Å². The topological polar surface area (TPSA) is 0 Å². The van der Waals surface area contributed by atoms with Crippen molar-refractivity contribution in [3.05, 3.63) is 33.8 Å². The van der Waals surface area contributed by atoms with Gasteiger partial charge in [0, 0.05) is 0 Å². The van der Waals surface area contributed by atoms with Crippen LogP contribution in [0.5, 0.6) is 0 Å². The zero-order valence-corrected chi connectivity index (χ0v) is 10.6. The van der Waals surface area contributed by atoms with E-state index in [2.05, 4.69) is 19.9 Å². The molecule has 0 radical (unpaired) electrons. The molecule has 0 spiro atoms. The van der Waals surface area contributed by atoms with Crippen LogP contribution in [0, 0.1) is 17.8 Å². The summed E-state index contributed by atoms with van der Waals surface area (Å²) in [5.74, 6) is 2.60. The second kappa shape index (κ2) is 4.35. The van der Waals surface area contributed by atoms with Gasteiger partial charge in [-0.05, 0) is 48.3 Å². The molecule has 1 aliphatic carbocycles. The third-order valence-corrected chi connectivity index (χ3v) is 4.05.